The Morgan fingerprint density at radius 3 is 2.38 bits per heavy atom. The van der Waals surface area contributed by atoms with Gasteiger partial charge in [-0.2, -0.15) is 5.11 Å². The van der Waals surface area contributed by atoms with Crippen molar-refractivity contribution < 1.29 is 18.8 Å². The highest BCUT2D eigenvalue weighted by Gasteiger charge is 2.55. The van der Waals surface area contributed by atoms with Crippen LogP contribution in [0, 0.1) is 19.7 Å². The Morgan fingerprint density at radius 2 is 1.72 bits per heavy atom. The molecule has 0 aliphatic carbocycles. The molecule has 0 unspecified atom stereocenters. The van der Waals surface area contributed by atoms with E-state index in [1.807, 2.05) is 32.0 Å². The molecule has 4 rings (SSSR count). The number of nitrogens with zero attached hydrogens (tertiary/aromatic N) is 4. The van der Waals surface area contributed by atoms with Crippen LogP contribution in [0.4, 0.5) is 15.8 Å². The largest absolute Gasteiger partial charge is 0.324 e. The second-order valence-electron chi connectivity index (χ2n) is 7.00. The van der Waals surface area contributed by atoms with Crippen LogP contribution in [0.1, 0.15) is 11.1 Å². The minimum absolute atomic E-state index is 0.227. The maximum atomic E-state index is 13.2. The number of imide groups is 1. The third kappa shape index (κ3) is 3.24. The third-order valence-corrected chi connectivity index (χ3v) is 4.99. The second kappa shape index (κ2) is 7.08. The summed E-state index contributed by atoms with van der Waals surface area (Å²) >= 11 is 0. The number of benzene rings is 2. The van der Waals surface area contributed by atoms with Gasteiger partial charge in [0.15, 0.2) is 12.1 Å². The van der Waals surface area contributed by atoms with Crippen molar-refractivity contribution in [3.63, 3.8) is 0 Å². The summed E-state index contributed by atoms with van der Waals surface area (Å²) in [5.41, 5.74) is 2.78. The number of fused-ring (bicyclic) bond motifs is 1. The summed E-state index contributed by atoms with van der Waals surface area (Å²) in [5, 5.41) is 11.8. The molecule has 2 aliphatic heterocycles. The number of carbonyl (C=O) groups excluding carboxylic acids is 3. The summed E-state index contributed by atoms with van der Waals surface area (Å²) in [6.45, 7) is 3.54. The monoisotopic (exact) mass is 395 g/mol. The Balaban J connectivity index is 1.50. The van der Waals surface area contributed by atoms with E-state index in [9.17, 15) is 18.8 Å². The molecule has 2 aliphatic rings. The van der Waals surface area contributed by atoms with E-state index >= 15 is 0 Å². The minimum Gasteiger partial charge on any atom is -0.324 e. The van der Waals surface area contributed by atoms with Crippen LogP contribution in [0.2, 0.25) is 0 Å². The number of hydrogen-bond acceptors (Lipinski definition) is 6. The van der Waals surface area contributed by atoms with Crippen LogP contribution in [-0.2, 0) is 14.4 Å². The summed E-state index contributed by atoms with van der Waals surface area (Å²) < 4.78 is 13.2. The molecule has 2 atom stereocenters. The summed E-state index contributed by atoms with van der Waals surface area (Å²) in [5.74, 6) is -1.94. The number of carbonyl (C=O) groups is 3. The van der Waals surface area contributed by atoms with E-state index in [0.717, 1.165) is 16.0 Å². The summed E-state index contributed by atoms with van der Waals surface area (Å²) in [6.07, 6.45) is 0. The van der Waals surface area contributed by atoms with Crippen molar-refractivity contribution in [2.45, 2.75) is 25.9 Å². The first-order chi connectivity index (χ1) is 13.9. The maximum Gasteiger partial charge on any atom is 0.263 e. The second-order valence-corrected chi connectivity index (χ2v) is 7.00. The molecule has 0 aromatic heterocycles. The number of hydrogen-bond donors (Lipinski definition) is 1. The van der Waals surface area contributed by atoms with Crippen molar-refractivity contribution >= 4 is 29.1 Å². The lowest BCUT2D eigenvalue weighted by Gasteiger charge is -2.20. The van der Waals surface area contributed by atoms with Crippen molar-refractivity contribution in [1.29, 1.82) is 0 Å². The van der Waals surface area contributed by atoms with Gasteiger partial charge in [-0.25, -0.2) is 9.29 Å². The Morgan fingerprint density at radius 1 is 1.07 bits per heavy atom. The predicted molar refractivity (Wildman–Crippen MR) is 103 cm³/mol. The van der Waals surface area contributed by atoms with Gasteiger partial charge in [-0.15, -0.1) is 0 Å². The van der Waals surface area contributed by atoms with Gasteiger partial charge >= 0.3 is 0 Å². The van der Waals surface area contributed by atoms with Crippen LogP contribution in [0.15, 0.2) is 52.8 Å². The molecule has 0 bridgehead atoms. The average molecular weight is 395 g/mol. The Kier molecular flexibility index (Phi) is 4.57. The normalized spacial score (nSPS) is 20.4. The quantitative estimate of drug-likeness (QED) is 0.804. The zero-order chi connectivity index (χ0) is 20.7. The molecular weight excluding hydrogens is 377 g/mol. The summed E-state index contributed by atoms with van der Waals surface area (Å²) in [7, 11) is 0. The van der Waals surface area contributed by atoms with Gasteiger partial charge in [0.2, 0.25) is 5.91 Å². The van der Waals surface area contributed by atoms with Gasteiger partial charge in [0, 0.05) is 5.69 Å². The van der Waals surface area contributed by atoms with E-state index in [-0.39, 0.29) is 18.1 Å². The van der Waals surface area contributed by atoms with Crippen LogP contribution in [-0.4, -0.2) is 41.4 Å². The van der Waals surface area contributed by atoms with Crippen molar-refractivity contribution in [2.24, 2.45) is 10.3 Å². The molecule has 2 aromatic rings. The van der Waals surface area contributed by atoms with Crippen LogP contribution in [0.3, 0.4) is 0 Å². The van der Waals surface area contributed by atoms with Crippen molar-refractivity contribution in [3.05, 3.63) is 59.4 Å². The van der Waals surface area contributed by atoms with Crippen LogP contribution in [0.25, 0.3) is 0 Å². The molecular formula is C20H18FN5O3. The Hall–Kier alpha value is -3.62. The van der Waals surface area contributed by atoms with Gasteiger partial charge in [0.05, 0.1) is 5.69 Å². The first-order valence-corrected chi connectivity index (χ1v) is 9.03. The highest BCUT2D eigenvalue weighted by atomic mass is 19.1. The third-order valence-electron chi connectivity index (χ3n) is 4.99. The number of rotatable bonds is 4. The van der Waals surface area contributed by atoms with Gasteiger partial charge in [0.1, 0.15) is 12.4 Å². The number of halogens is 1. The first-order valence-electron chi connectivity index (χ1n) is 9.03. The minimum atomic E-state index is -1.01. The molecule has 9 heteroatoms. The van der Waals surface area contributed by atoms with Crippen LogP contribution in [0.5, 0.6) is 0 Å². The number of anilines is 2. The highest BCUT2D eigenvalue weighted by molar-refractivity contribution is 6.25. The molecule has 1 N–H and O–H groups in total. The van der Waals surface area contributed by atoms with E-state index in [1.165, 1.54) is 29.3 Å². The van der Waals surface area contributed by atoms with E-state index in [2.05, 4.69) is 15.7 Å². The predicted octanol–water partition coefficient (Wildman–Crippen LogP) is 2.37. The molecule has 3 amide bonds. The van der Waals surface area contributed by atoms with E-state index in [1.54, 1.807) is 0 Å². The van der Waals surface area contributed by atoms with Crippen molar-refractivity contribution in [2.75, 3.05) is 16.8 Å². The van der Waals surface area contributed by atoms with Crippen molar-refractivity contribution in [1.82, 2.24) is 5.01 Å². The molecule has 0 radical (unpaired) electrons. The lowest BCUT2D eigenvalue weighted by molar-refractivity contribution is -0.123. The number of amides is 3. The molecule has 8 nitrogen and oxygen atoms in total. The number of aryl methyl sites for hydroxylation is 2. The highest BCUT2D eigenvalue weighted by Crippen LogP contribution is 2.32. The Labute approximate surface area is 166 Å². The van der Waals surface area contributed by atoms with E-state index in [0.29, 0.717) is 5.69 Å². The van der Waals surface area contributed by atoms with Gasteiger partial charge in [0.25, 0.3) is 11.8 Å². The van der Waals surface area contributed by atoms with Gasteiger partial charge in [-0.3, -0.25) is 19.4 Å². The molecule has 1 saturated heterocycles. The van der Waals surface area contributed by atoms with Gasteiger partial charge < -0.3 is 5.32 Å². The number of nitrogens with one attached hydrogen (secondary N) is 1. The topological polar surface area (TPSA) is 94.4 Å². The van der Waals surface area contributed by atoms with Gasteiger partial charge in [-0.05, 0) is 49.2 Å². The molecule has 1 fully saturated rings. The fourth-order valence-electron chi connectivity index (χ4n) is 3.54. The van der Waals surface area contributed by atoms with E-state index in [4.69, 9.17) is 0 Å². The maximum absolute atomic E-state index is 13.2. The van der Waals surface area contributed by atoms with E-state index < -0.39 is 29.7 Å². The van der Waals surface area contributed by atoms with Gasteiger partial charge in [-0.1, -0.05) is 23.4 Å². The van der Waals surface area contributed by atoms with Crippen LogP contribution < -0.4 is 10.2 Å². The summed E-state index contributed by atoms with van der Waals surface area (Å²) in [4.78, 5) is 39.0. The smallest absolute Gasteiger partial charge is 0.263 e. The Bertz CT molecular complexity index is 1020. The molecule has 148 valence electrons. The lowest BCUT2D eigenvalue weighted by Crippen LogP contribution is -2.43. The zero-order valence-electron chi connectivity index (χ0n) is 15.8. The summed E-state index contributed by atoms with van der Waals surface area (Å²) in [6, 6.07) is 8.69. The molecule has 0 spiro atoms. The fraction of sp³-hybridized carbons (Fsp3) is 0.250. The fourth-order valence-corrected chi connectivity index (χ4v) is 3.54. The molecule has 0 saturated carbocycles. The zero-order valence-corrected chi connectivity index (χ0v) is 15.8. The number of para-hydroxylation sites is 1. The van der Waals surface area contributed by atoms with Crippen LogP contribution >= 0.6 is 0 Å². The molecule has 29 heavy (non-hydrogen) atoms. The molecule has 2 aromatic carbocycles. The molecule has 2 heterocycles. The standard InChI is InChI=1S/C20H18FN5O3/c1-11-4-3-5-12(2)16(11)22-15(27)10-25-18-17(23-24-25)19(28)26(20(18)29)14-8-6-13(21)7-9-14/h3-9,17-18H,10H2,1-2H3,(H,22,27)/t17-,18-/m1/s1. The van der Waals surface area contributed by atoms with Crippen molar-refractivity contribution in [3.8, 4) is 0 Å². The SMILES string of the molecule is Cc1cccc(C)c1NC(=O)CN1N=N[C@H]2C(=O)N(c3ccc(F)cc3)C(=O)[C@@H]21. The lowest BCUT2D eigenvalue weighted by atomic mass is 10.1. The average Bonchev–Trinajstić information content (AvgIpc) is 3.19. The first kappa shape index (κ1) is 18.7.